The van der Waals surface area contributed by atoms with Gasteiger partial charge in [-0.1, -0.05) is 28.1 Å². The van der Waals surface area contributed by atoms with Crippen molar-refractivity contribution in [3.63, 3.8) is 0 Å². The van der Waals surface area contributed by atoms with Gasteiger partial charge in [0, 0.05) is 10.9 Å². The zero-order valence-corrected chi connectivity index (χ0v) is 14.1. The van der Waals surface area contributed by atoms with Gasteiger partial charge in [0.25, 0.3) is 0 Å². The highest BCUT2D eigenvalue weighted by Gasteiger charge is 2.50. The van der Waals surface area contributed by atoms with Gasteiger partial charge in [0.1, 0.15) is 5.54 Å². The number of hydrogen-bond donors (Lipinski definition) is 1. The van der Waals surface area contributed by atoms with Crippen molar-refractivity contribution >= 4 is 28.9 Å². The van der Waals surface area contributed by atoms with Crippen LogP contribution in [0.15, 0.2) is 28.7 Å². The first-order chi connectivity index (χ1) is 9.99. The standard InChI is InChI=1S/C15H21BBrNO3/c1-3-21-14(19)15(9-4-10-18(15)16(2)20)11-12-5-7-13(17)8-6-12/h5-8,20H,3-4,9-11H2,1-2H3. The van der Waals surface area contributed by atoms with Crippen LogP contribution in [0.25, 0.3) is 0 Å². The Morgan fingerprint density at radius 1 is 1.48 bits per heavy atom. The SMILES string of the molecule is CCOC(=O)C1(Cc2ccc(Br)cc2)CCCN1B(C)O. The molecule has 1 aromatic carbocycles. The molecule has 4 nitrogen and oxygen atoms in total. The quantitative estimate of drug-likeness (QED) is 0.652. The minimum atomic E-state index is -0.752. The number of rotatable bonds is 5. The van der Waals surface area contributed by atoms with E-state index in [9.17, 15) is 9.82 Å². The van der Waals surface area contributed by atoms with Crippen LogP contribution in [0.1, 0.15) is 25.3 Å². The van der Waals surface area contributed by atoms with Gasteiger partial charge < -0.3 is 14.6 Å². The van der Waals surface area contributed by atoms with E-state index in [0.29, 0.717) is 26.0 Å². The summed E-state index contributed by atoms with van der Waals surface area (Å²) in [6.45, 7) is 4.59. The molecule has 1 heterocycles. The van der Waals surface area contributed by atoms with Crippen molar-refractivity contribution < 1.29 is 14.6 Å². The molecule has 1 aromatic rings. The molecular weight excluding hydrogens is 333 g/mol. The molecule has 0 aromatic heterocycles. The molecule has 0 spiro atoms. The van der Waals surface area contributed by atoms with Gasteiger partial charge in [-0.3, -0.25) is 4.79 Å². The number of carbonyl (C=O) groups is 1. The lowest BCUT2D eigenvalue weighted by Crippen LogP contribution is -2.57. The van der Waals surface area contributed by atoms with Crippen molar-refractivity contribution in [2.75, 3.05) is 13.2 Å². The summed E-state index contributed by atoms with van der Waals surface area (Å²) in [6.07, 6.45) is 2.16. The van der Waals surface area contributed by atoms with Gasteiger partial charge in [0.15, 0.2) is 0 Å². The van der Waals surface area contributed by atoms with Crippen molar-refractivity contribution in [2.45, 2.75) is 38.5 Å². The Kier molecular flexibility index (Phi) is 5.46. The first-order valence-corrected chi connectivity index (χ1v) is 8.15. The number of nitrogens with zero attached hydrogens (tertiary/aromatic N) is 1. The molecule has 0 saturated carbocycles. The van der Waals surface area contributed by atoms with E-state index in [4.69, 9.17) is 4.74 Å². The van der Waals surface area contributed by atoms with Crippen molar-refractivity contribution in [3.05, 3.63) is 34.3 Å². The van der Waals surface area contributed by atoms with Crippen LogP contribution < -0.4 is 0 Å². The Hall–Kier alpha value is -0.845. The molecule has 1 atom stereocenters. The van der Waals surface area contributed by atoms with E-state index in [0.717, 1.165) is 16.5 Å². The molecule has 114 valence electrons. The zero-order valence-electron chi connectivity index (χ0n) is 12.5. The van der Waals surface area contributed by atoms with E-state index in [1.165, 1.54) is 0 Å². The largest absolute Gasteiger partial charge is 0.465 e. The molecule has 1 aliphatic rings. The van der Waals surface area contributed by atoms with Crippen molar-refractivity contribution in [3.8, 4) is 0 Å². The maximum Gasteiger partial charge on any atom is 0.377 e. The predicted octanol–water partition coefficient (Wildman–Crippen LogP) is 2.50. The van der Waals surface area contributed by atoms with E-state index in [1.54, 1.807) is 6.82 Å². The first-order valence-electron chi connectivity index (χ1n) is 7.36. The third-order valence-corrected chi connectivity index (χ3v) is 4.58. The Balaban J connectivity index is 2.31. The van der Waals surface area contributed by atoms with E-state index < -0.39 is 12.6 Å². The maximum absolute atomic E-state index is 12.6. The highest BCUT2D eigenvalue weighted by molar-refractivity contribution is 9.10. The number of hydrogen-bond acceptors (Lipinski definition) is 4. The molecule has 2 rings (SSSR count). The summed E-state index contributed by atoms with van der Waals surface area (Å²) in [4.78, 5) is 14.4. The summed E-state index contributed by atoms with van der Waals surface area (Å²) in [7, 11) is -0.660. The zero-order chi connectivity index (χ0) is 15.5. The molecule has 0 bridgehead atoms. The summed E-state index contributed by atoms with van der Waals surface area (Å²) < 4.78 is 6.31. The maximum atomic E-state index is 12.6. The van der Waals surface area contributed by atoms with Gasteiger partial charge in [0.2, 0.25) is 0 Å². The van der Waals surface area contributed by atoms with Gasteiger partial charge in [-0.05, 0) is 50.8 Å². The summed E-state index contributed by atoms with van der Waals surface area (Å²) >= 11 is 3.42. The third kappa shape index (κ3) is 3.50. The Morgan fingerprint density at radius 2 is 2.14 bits per heavy atom. The van der Waals surface area contributed by atoms with Gasteiger partial charge in [-0.2, -0.15) is 0 Å². The minimum absolute atomic E-state index is 0.230. The number of ether oxygens (including phenoxy) is 1. The number of carbonyl (C=O) groups excluding carboxylic acids is 1. The van der Waals surface area contributed by atoms with Crippen LogP contribution in [0.2, 0.25) is 6.82 Å². The molecular formula is C15H21BBrNO3. The van der Waals surface area contributed by atoms with Crippen molar-refractivity contribution in [2.24, 2.45) is 0 Å². The number of benzene rings is 1. The van der Waals surface area contributed by atoms with E-state index in [-0.39, 0.29) is 5.97 Å². The molecule has 6 heteroatoms. The van der Waals surface area contributed by atoms with Crippen LogP contribution in [-0.4, -0.2) is 41.5 Å². The van der Waals surface area contributed by atoms with Crippen LogP contribution in [-0.2, 0) is 16.0 Å². The smallest absolute Gasteiger partial charge is 0.377 e. The monoisotopic (exact) mass is 353 g/mol. The van der Waals surface area contributed by atoms with Crippen LogP contribution in [0, 0.1) is 0 Å². The van der Waals surface area contributed by atoms with Gasteiger partial charge in [-0.25, -0.2) is 0 Å². The van der Waals surface area contributed by atoms with Gasteiger partial charge in [-0.15, -0.1) is 0 Å². The topological polar surface area (TPSA) is 49.8 Å². The molecule has 0 radical (unpaired) electrons. The first kappa shape index (κ1) is 16.5. The third-order valence-electron chi connectivity index (χ3n) is 4.06. The molecule has 1 aliphatic heterocycles. The second-order valence-corrected chi connectivity index (χ2v) is 6.40. The molecule has 21 heavy (non-hydrogen) atoms. The van der Waals surface area contributed by atoms with Gasteiger partial charge in [0.05, 0.1) is 6.61 Å². The molecule has 1 N–H and O–H groups in total. The average Bonchev–Trinajstić information content (AvgIpc) is 2.87. The fourth-order valence-corrected chi connectivity index (χ4v) is 3.40. The van der Waals surface area contributed by atoms with Crippen molar-refractivity contribution in [1.82, 2.24) is 4.81 Å². The molecule has 1 fully saturated rings. The fourth-order valence-electron chi connectivity index (χ4n) is 3.13. The van der Waals surface area contributed by atoms with Gasteiger partial charge >= 0.3 is 13.0 Å². The lowest BCUT2D eigenvalue weighted by atomic mass is 9.77. The van der Waals surface area contributed by atoms with Crippen LogP contribution in [0.3, 0.4) is 0 Å². The molecule has 0 amide bonds. The second kappa shape index (κ2) is 6.94. The summed E-state index contributed by atoms with van der Waals surface area (Å²) in [5, 5.41) is 10.0. The average molecular weight is 354 g/mol. The van der Waals surface area contributed by atoms with Crippen LogP contribution in [0.5, 0.6) is 0 Å². The van der Waals surface area contributed by atoms with Crippen LogP contribution >= 0.6 is 15.9 Å². The van der Waals surface area contributed by atoms with Crippen molar-refractivity contribution in [1.29, 1.82) is 0 Å². The summed E-state index contributed by atoms with van der Waals surface area (Å²) in [5.74, 6) is -0.230. The lowest BCUT2D eigenvalue weighted by Gasteiger charge is -2.37. The van der Waals surface area contributed by atoms with E-state index >= 15 is 0 Å². The molecule has 1 unspecified atom stereocenters. The fraction of sp³-hybridized carbons (Fsp3) is 0.533. The Morgan fingerprint density at radius 3 is 2.71 bits per heavy atom. The Bertz CT molecular complexity index is 494. The molecule has 0 aliphatic carbocycles. The minimum Gasteiger partial charge on any atom is -0.465 e. The highest BCUT2D eigenvalue weighted by atomic mass is 79.9. The van der Waals surface area contributed by atoms with E-state index in [2.05, 4.69) is 15.9 Å². The lowest BCUT2D eigenvalue weighted by molar-refractivity contribution is -0.154. The second-order valence-electron chi connectivity index (χ2n) is 5.48. The number of esters is 1. The number of halogens is 1. The molecule has 1 saturated heterocycles. The Labute approximate surface area is 134 Å². The normalized spacial score (nSPS) is 22.3. The van der Waals surface area contributed by atoms with E-state index in [1.807, 2.05) is 36.0 Å². The summed E-state index contributed by atoms with van der Waals surface area (Å²) in [6, 6.07) is 7.94. The van der Waals surface area contributed by atoms with Crippen LogP contribution in [0.4, 0.5) is 0 Å². The highest BCUT2D eigenvalue weighted by Crippen LogP contribution is 2.35. The predicted molar refractivity (Wildman–Crippen MR) is 87.0 cm³/mol. The summed E-state index contributed by atoms with van der Waals surface area (Å²) in [5.41, 5.74) is 0.316.